The maximum Gasteiger partial charge on any atom is 0.249 e. The smallest absolute Gasteiger partial charge is 0.249 e. The second kappa shape index (κ2) is 42.6. The molecule has 0 aromatic heterocycles. The summed E-state index contributed by atoms with van der Waals surface area (Å²) >= 11 is 0. The summed E-state index contributed by atoms with van der Waals surface area (Å²) in [4.78, 5) is 12.5. The Bertz CT molecular complexity index is 768. The van der Waals surface area contributed by atoms with E-state index in [-0.39, 0.29) is 6.61 Å². The molecule has 1 amide bonds. The molecule has 5 nitrogen and oxygen atoms in total. The molecule has 0 rings (SSSR count). The minimum atomic E-state index is -1.08. The molecule has 0 aromatic rings. The minimum absolute atomic E-state index is 0.313. The largest absolute Gasteiger partial charge is 0.394 e. The molecular weight excluding hydrogens is 643 g/mol. The third kappa shape index (κ3) is 37.2. The Morgan fingerprint density at radius 1 is 0.462 bits per heavy atom. The zero-order valence-corrected chi connectivity index (χ0v) is 35.0. The van der Waals surface area contributed by atoms with Gasteiger partial charge in [-0.3, -0.25) is 4.79 Å². The molecule has 0 spiro atoms. The molecule has 0 radical (unpaired) electrons. The number of aliphatic hydroxyl groups excluding tert-OH is 3. The summed E-state index contributed by atoms with van der Waals surface area (Å²) in [6.45, 7) is 4.23. The third-order valence-corrected chi connectivity index (χ3v) is 10.8. The molecule has 5 heteroatoms. The van der Waals surface area contributed by atoms with Crippen LogP contribution in [-0.4, -0.2) is 46.1 Å². The minimum Gasteiger partial charge on any atom is -0.394 e. The average Bonchev–Trinajstić information content (AvgIpc) is 3.15. The van der Waals surface area contributed by atoms with Crippen LogP contribution in [0, 0.1) is 0 Å². The van der Waals surface area contributed by atoms with Gasteiger partial charge in [-0.15, -0.1) is 0 Å². The molecule has 3 atom stereocenters. The van der Waals surface area contributed by atoms with Crippen molar-refractivity contribution in [1.29, 1.82) is 0 Å². The van der Waals surface area contributed by atoms with Crippen molar-refractivity contribution in [3.05, 3.63) is 24.3 Å². The van der Waals surface area contributed by atoms with Crippen molar-refractivity contribution in [3.63, 3.8) is 0 Å². The lowest BCUT2D eigenvalue weighted by molar-refractivity contribution is -0.131. The third-order valence-electron chi connectivity index (χ3n) is 10.8. The lowest BCUT2D eigenvalue weighted by Crippen LogP contribution is -2.49. The normalized spacial score (nSPS) is 13.7. The number of nitrogens with one attached hydrogen (secondary N) is 1. The highest BCUT2D eigenvalue weighted by atomic mass is 16.3. The van der Waals surface area contributed by atoms with Crippen LogP contribution in [0.1, 0.15) is 245 Å². The number of rotatable bonds is 42. The van der Waals surface area contributed by atoms with Crippen molar-refractivity contribution < 1.29 is 20.1 Å². The maximum atomic E-state index is 12.5. The van der Waals surface area contributed by atoms with E-state index in [0.717, 1.165) is 38.5 Å². The fraction of sp³-hybridized carbons (Fsp3) is 0.894. The van der Waals surface area contributed by atoms with Gasteiger partial charge in [0.2, 0.25) is 5.91 Å². The standard InChI is InChI=1S/C47H91NO4/c1-3-5-7-9-11-13-15-17-18-19-20-21-22-23-24-25-26-27-28-29-30-32-34-36-38-40-42-46(51)47(52)48-44(43-49)45(50)41-39-37-35-33-31-16-14-12-10-8-6-4-2/h20-21,23-24,44-46,49-51H,3-19,22,25-43H2,1-2H3,(H,48,52)/b21-20-,24-23-. The molecule has 0 aliphatic heterocycles. The first-order valence-corrected chi connectivity index (χ1v) is 23.1. The Morgan fingerprint density at radius 3 is 1.15 bits per heavy atom. The van der Waals surface area contributed by atoms with Gasteiger partial charge in [0.15, 0.2) is 0 Å². The predicted molar refractivity (Wildman–Crippen MR) is 227 cm³/mol. The summed E-state index contributed by atoms with van der Waals surface area (Å²) < 4.78 is 0. The SMILES string of the molecule is CCCCCCCCCCC/C=C\C/C=C\CCCCCCCCCCCCC(O)C(=O)NC(CO)C(O)CCCCCCCCCCCCCC. The molecule has 0 aliphatic rings. The predicted octanol–water partition coefficient (Wildman–Crippen LogP) is 13.4. The van der Waals surface area contributed by atoms with Crippen LogP contribution < -0.4 is 5.32 Å². The van der Waals surface area contributed by atoms with Crippen LogP contribution in [0.3, 0.4) is 0 Å². The maximum absolute atomic E-state index is 12.5. The number of carbonyl (C=O) groups excluding carboxylic acids is 1. The topological polar surface area (TPSA) is 89.8 Å². The Labute approximate surface area is 324 Å². The van der Waals surface area contributed by atoms with Gasteiger partial charge in [-0.05, 0) is 44.9 Å². The summed E-state index contributed by atoms with van der Waals surface area (Å²) in [7, 11) is 0. The molecular formula is C47H91NO4. The van der Waals surface area contributed by atoms with Gasteiger partial charge in [0.1, 0.15) is 6.10 Å². The number of amides is 1. The van der Waals surface area contributed by atoms with Crippen molar-refractivity contribution >= 4 is 5.91 Å². The molecule has 0 bridgehead atoms. The zero-order valence-electron chi connectivity index (χ0n) is 35.0. The molecule has 0 heterocycles. The van der Waals surface area contributed by atoms with E-state index in [1.54, 1.807) is 0 Å². The summed E-state index contributed by atoms with van der Waals surface area (Å²) in [6.07, 6.45) is 51.9. The van der Waals surface area contributed by atoms with Crippen LogP contribution >= 0.6 is 0 Å². The van der Waals surface area contributed by atoms with E-state index in [1.807, 2.05) is 0 Å². The molecule has 0 aromatic carbocycles. The average molecular weight is 734 g/mol. The first-order chi connectivity index (χ1) is 25.6. The number of unbranched alkanes of at least 4 members (excludes halogenated alkanes) is 30. The first-order valence-electron chi connectivity index (χ1n) is 23.1. The van der Waals surface area contributed by atoms with Crippen LogP contribution in [-0.2, 0) is 4.79 Å². The van der Waals surface area contributed by atoms with Crippen molar-refractivity contribution in [1.82, 2.24) is 5.32 Å². The van der Waals surface area contributed by atoms with E-state index < -0.39 is 24.2 Å². The zero-order chi connectivity index (χ0) is 38.0. The fourth-order valence-corrected chi connectivity index (χ4v) is 7.16. The van der Waals surface area contributed by atoms with Gasteiger partial charge in [-0.25, -0.2) is 0 Å². The quantitative estimate of drug-likeness (QED) is 0.0371. The first kappa shape index (κ1) is 50.8. The van der Waals surface area contributed by atoms with E-state index in [1.165, 1.54) is 180 Å². The number of allylic oxidation sites excluding steroid dienone is 4. The second-order valence-corrected chi connectivity index (χ2v) is 16.0. The van der Waals surface area contributed by atoms with Crippen molar-refractivity contribution in [2.75, 3.05) is 6.61 Å². The summed E-state index contributed by atoms with van der Waals surface area (Å²) in [5.74, 6) is -0.472. The summed E-state index contributed by atoms with van der Waals surface area (Å²) in [6, 6.07) is -0.710. The highest BCUT2D eigenvalue weighted by Gasteiger charge is 2.23. The molecule has 3 unspecified atom stereocenters. The number of hydrogen-bond acceptors (Lipinski definition) is 4. The van der Waals surface area contributed by atoms with Crippen molar-refractivity contribution in [3.8, 4) is 0 Å². The van der Waals surface area contributed by atoms with Gasteiger partial charge >= 0.3 is 0 Å². The molecule has 0 saturated carbocycles. The lowest BCUT2D eigenvalue weighted by atomic mass is 10.0. The number of hydrogen-bond donors (Lipinski definition) is 4. The highest BCUT2D eigenvalue weighted by molar-refractivity contribution is 5.80. The van der Waals surface area contributed by atoms with E-state index in [9.17, 15) is 20.1 Å². The van der Waals surface area contributed by atoms with Crippen LogP contribution in [0.4, 0.5) is 0 Å². The van der Waals surface area contributed by atoms with E-state index in [4.69, 9.17) is 0 Å². The number of aliphatic hydroxyl groups is 3. The van der Waals surface area contributed by atoms with Crippen molar-refractivity contribution in [2.24, 2.45) is 0 Å². The van der Waals surface area contributed by atoms with Crippen LogP contribution in [0.2, 0.25) is 0 Å². The van der Waals surface area contributed by atoms with Crippen molar-refractivity contribution in [2.45, 2.75) is 263 Å². The molecule has 4 N–H and O–H groups in total. The molecule has 0 fully saturated rings. The Morgan fingerprint density at radius 2 is 0.788 bits per heavy atom. The Hall–Kier alpha value is -1.17. The Kier molecular flexibility index (Phi) is 41.6. The van der Waals surface area contributed by atoms with Gasteiger partial charge in [0, 0.05) is 0 Å². The second-order valence-electron chi connectivity index (χ2n) is 16.0. The van der Waals surface area contributed by atoms with Gasteiger partial charge in [-0.2, -0.15) is 0 Å². The van der Waals surface area contributed by atoms with Gasteiger partial charge in [-0.1, -0.05) is 224 Å². The molecule has 308 valence electrons. The monoisotopic (exact) mass is 734 g/mol. The van der Waals surface area contributed by atoms with Crippen LogP contribution in [0.25, 0.3) is 0 Å². The van der Waals surface area contributed by atoms with Crippen LogP contribution in [0.15, 0.2) is 24.3 Å². The van der Waals surface area contributed by atoms with Gasteiger partial charge in [0.05, 0.1) is 18.8 Å². The summed E-state index contributed by atoms with van der Waals surface area (Å²) in [5.41, 5.74) is 0. The summed E-state index contributed by atoms with van der Waals surface area (Å²) in [5, 5.41) is 33.3. The van der Waals surface area contributed by atoms with E-state index >= 15 is 0 Å². The molecule has 0 saturated heterocycles. The Balaban J connectivity index is 3.58. The highest BCUT2D eigenvalue weighted by Crippen LogP contribution is 2.16. The van der Waals surface area contributed by atoms with Gasteiger partial charge in [0.25, 0.3) is 0 Å². The number of carbonyl (C=O) groups is 1. The van der Waals surface area contributed by atoms with E-state index in [0.29, 0.717) is 12.8 Å². The van der Waals surface area contributed by atoms with Crippen LogP contribution in [0.5, 0.6) is 0 Å². The molecule has 52 heavy (non-hydrogen) atoms. The molecule has 0 aliphatic carbocycles. The fourth-order valence-electron chi connectivity index (χ4n) is 7.16. The lowest BCUT2D eigenvalue weighted by Gasteiger charge is -2.23. The van der Waals surface area contributed by atoms with Gasteiger partial charge < -0.3 is 20.6 Å². The van der Waals surface area contributed by atoms with E-state index in [2.05, 4.69) is 43.5 Å².